The molecular formula is C19H28N2O3. The van der Waals surface area contributed by atoms with Gasteiger partial charge in [-0.05, 0) is 50.9 Å². The molecule has 5 heteroatoms. The molecule has 1 aromatic rings. The Balaban J connectivity index is 1.65. The van der Waals surface area contributed by atoms with Crippen LogP contribution in [0.2, 0.25) is 0 Å². The zero-order valence-corrected chi connectivity index (χ0v) is 15.0. The lowest BCUT2D eigenvalue weighted by Crippen LogP contribution is -2.47. The highest BCUT2D eigenvalue weighted by Gasteiger charge is 2.33. The molecule has 0 N–H and O–H groups in total. The maximum absolute atomic E-state index is 12.9. The van der Waals surface area contributed by atoms with E-state index in [0.29, 0.717) is 12.5 Å². The van der Waals surface area contributed by atoms with Gasteiger partial charge in [-0.2, -0.15) is 0 Å². The quantitative estimate of drug-likeness (QED) is 0.846. The summed E-state index contributed by atoms with van der Waals surface area (Å²) in [5.74, 6) is 2.29. The SMILES string of the molecule is COc1cccc2c1OCC(C(=O)N1CCCC(CN(C)C)C1)C2. The molecule has 1 amide bonds. The number of carbonyl (C=O) groups is 1. The van der Waals surface area contributed by atoms with E-state index in [9.17, 15) is 4.79 Å². The maximum Gasteiger partial charge on any atom is 0.229 e. The summed E-state index contributed by atoms with van der Waals surface area (Å²) in [7, 11) is 5.84. The zero-order valence-electron chi connectivity index (χ0n) is 15.0. The molecule has 0 aromatic heterocycles. The van der Waals surface area contributed by atoms with E-state index >= 15 is 0 Å². The molecule has 1 fully saturated rings. The largest absolute Gasteiger partial charge is 0.493 e. The topological polar surface area (TPSA) is 42.0 Å². The first kappa shape index (κ1) is 17.1. The number of amides is 1. The molecule has 2 atom stereocenters. The molecular weight excluding hydrogens is 304 g/mol. The summed E-state index contributed by atoms with van der Waals surface area (Å²) >= 11 is 0. The number of hydrogen-bond donors (Lipinski definition) is 0. The third-order valence-electron chi connectivity index (χ3n) is 4.98. The second kappa shape index (κ2) is 7.43. The molecule has 0 aliphatic carbocycles. The summed E-state index contributed by atoms with van der Waals surface area (Å²) in [6.45, 7) is 3.24. The number of rotatable bonds is 4. The van der Waals surface area contributed by atoms with Crippen LogP contribution in [0.3, 0.4) is 0 Å². The third kappa shape index (κ3) is 3.66. The Kier molecular flexibility index (Phi) is 5.29. The van der Waals surface area contributed by atoms with Crippen LogP contribution in [0.5, 0.6) is 11.5 Å². The summed E-state index contributed by atoms with van der Waals surface area (Å²) in [6.07, 6.45) is 3.05. The molecule has 1 aromatic carbocycles. The number of benzene rings is 1. The van der Waals surface area contributed by atoms with Crippen LogP contribution in [0.4, 0.5) is 0 Å². The number of likely N-dealkylation sites (tertiary alicyclic amines) is 1. The van der Waals surface area contributed by atoms with Gasteiger partial charge in [0.25, 0.3) is 0 Å². The van der Waals surface area contributed by atoms with Gasteiger partial charge in [0.1, 0.15) is 6.61 Å². The predicted molar refractivity (Wildman–Crippen MR) is 93.5 cm³/mol. The fourth-order valence-electron chi connectivity index (χ4n) is 3.90. The molecule has 5 nitrogen and oxygen atoms in total. The van der Waals surface area contributed by atoms with Crippen LogP contribution in [-0.4, -0.2) is 63.2 Å². The highest BCUT2D eigenvalue weighted by molar-refractivity contribution is 5.80. The summed E-state index contributed by atoms with van der Waals surface area (Å²) in [4.78, 5) is 17.2. The Hall–Kier alpha value is -1.75. The average Bonchev–Trinajstić information content (AvgIpc) is 2.59. The van der Waals surface area contributed by atoms with Crippen LogP contribution in [-0.2, 0) is 11.2 Å². The molecule has 0 radical (unpaired) electrons. The normalized spacial score (nSPS) is 23.6. The van der Waals surface area contributed by atoms with Crippen molar-refractivity contribution in [1.82, 2.24) is 9.80 Å². The lowest BCUT2D eigenvalue weighted by atomic mass is 9.92. The van der Waals surface area contributed by atoms with Crippen molar-refractivity contribution in [3.63, 3.8) is 0 Å². The van der Waals surface area contributed by atoms with E-state index in [1.807, 2.05) is 18.2 Å². The number of carbonyl (C=O) groups excluding carboxylic acids is 1. The van der Waals surface area contributed by atoms with Gasteiger partial charge in [-0.3, -0.25) is 4.79 Å². The van der Waals surface area contributed by atoms with Crippen molar-refractivity contribution >= 4 is 5.91 Å². The van der Waals surface area contributed by atoms with E-state index in [0.717, 1.165) is 49.5 Å². The average molecular weight is 332 g/mol. The summed E-state index contributed by atoms with van der Waals surface area (Å²) in [5.41, 5.74) is 1.07. The first-order valence-electron chi connectivity index (χ1n) is 8.80. The Bertz CT molecular complexity index is 588. The van der Waals surface area contributed by atoms with Gasteiger partial charge in [-0.1, -0.05) is 12.1 Å². The van der Waals surface area contributed by atoms with Gasteiger partial charge in [-0.15, -0.1) is 0 Å². The summed E-state index contributed by atoms with van der Waals surface area (Å²) in [5, 5.41) is 0. The summed E-state index contributed by atoms with van der Waals surface area (Å²) in [6, 6.07) is 5.89. The highest BCUT2D eigenvalue weighted by atomic mass is 16.5. The zero-order chi connectivity index (χ0) is 17.1. The first-order chi connectivity index (χ1) is 11.6. The predicted octanol–water partition coefficient (Wildman–Crippen LogP) is 2.05. The molecule has 0 spiro atoms. The summed E-state index contributed by atoms with van der Waals surface area (Å²) < 4.78 is 11.2. The van der Waals surface area contributed by atoms with Crippen LogP contribution in [0.1, 0.15) is 18.4 Å². The van der Waals surface area contributed by atoms with Gasteiger partial charge in [-0.25, -0.2) is 0 Å². The van der Waals surface area contributed by atoms with Crippen LogP contribution in [0.15, 0.2) is 18.2 Å². The van der Waals surface area contributed by atoms with Crippen molar-refractivity contribution < 1.29 is 14.3 Å². The fourth-order valence-corrected chi connectivity index (χ4v) is 3.90. The molecule has 132 valence electrons. The number of nitrogens with zero attached hydrogens (tertiary/aromatic N) is 2. The van der Waals surface area contributed by atoms with E-state index in [2.05, 4.69) is 23.9 Å². The van der Waals surface area contributed by atoms with Crippen molar-refractivity contribution in [2.24, 2.45) is 11.8 Å². The number of hydrogen-bond acceptors (Lipinski definition) is 4. The number of fused-ring (bicyclic) bond motifs is 1. The van der Waals surface area contributed by atoms with Gasteiger partial charge in [0.15, 0.2) is 11.5 Å². The van der Waals surface area contributed by atoms with Crippen molar-refractivity contribution in [1.29, 1.82) is 0 Å². The van der Waals surface area contributed by atoms with Gasteiger partial charge in [0.2, 0.25) is 5.91 Å². The molecule has 0 saturated carbocycles. The molecule has 2 aliphatic rings. The van der Waals surface area contributed by atoms with Crippen LogP contribution in [0, 0.1) is 11.8 Å². The Morgan fingerprint density at radius 3 is 3.00 bits per heavy atom. The van der Waals surface area contributed by atoms with Crippen LogP contribution < -0.4 is 9.47 Å². The van der Waals surface area contributed by atoms with Crippen LogP contribution in [0.25, 0.3) is 0 Å². The third-order valence-corrected chi connectivity index (χ3v) is 4.98. The highest BCUT2D eigenvalue weighted by Crippen LogP contribution is 2.36. The van der Waals surface area contributed by atoms with Crippen molar-refractivity contribution in [3.05, 3.63) is 23.8 Å². The maximum atomic E-state index is 12.9. The monoisotopic (exact) mass is 332 g/mol. The molecule has 3 rings (SSSR count). The van der Waals surface area contributed by atoms with E-state index in [1.165, 1.54) is 6.42 Å². The van der Waals surface area contributed by atoms with Gasteiger partial charge in [0.05, 0.1) is 13.0 Å². The lowest BCUT2D eigenvalue weighted by Gasteiger charge is -2.37. The van der Waals surface area contributed by atoms with E-state index in [4.69, 9.17) is 9.47 Å². The molecule has 24 heavy (non-hydrogen) atoms. The Morgan fingerprint density at radius 2 is 2.25 bits per heavy atom. The molecule has 1 saturated heterocycles. The fraction of sp³-hybridized carbons (Fsp3) is 0.632. The van der Waals surface area contributed by atoms with E-state index in [-0.39, 0.29) is 11.8 Å². The molecule has 0 bridgehead atoms. The Morgan fingerprint density at radius 1 is 1.42 bits per heavy atom. The second-order valence-corrected chi connectivity index (χ2v) is 7.22. The number of piperidine rings is 1. The van der Waals surface area contributed by atoms with Crippen molar-refractivity contribution in [2.75, 3.05) is 47.4 Å². The Labute approximate surface area is 144 Å². The number of para-hydroxylation sites is 1. The van der Waals surface area contributed by atoms with Crippen LogP contribution >= 0.6 is 0 Å². The van der Waals surface area contributed by atoms with Gasteiger partial charge >= 0.3 is 0 Å². The minimum absolute atomic E-state index is 0.0808. The van der Waals surface area contributed by atoms with E-state index in [1.54, 1.807) is 7.11 Å². The standard InChI is InChI=1S/C19H28N2O3/c1-20(2)11-14-6-5-9-21(12-14)19(22)16-10-15-7-4-8-17(23-3)18(15)24-13-16/h4,7-8,14,16H,5-6,9-13H2,1-3H3. The second-order valence-electron chi connectivity index (χ2n) is 7.22. The van der Waals surface area contributed by atoms with Gasteiger partial charge < -0.3 is 19.3 Å². The van der Waals surface area contributed by atoms with Gasteiger partial charge in [0, 0.05) is 19.6 Å². The first-order valence-corrected chi connectivity index (χ1v) is 8.80. The van der Waals surface area contributed by atoms with Crippen molar-refractivity contribution in [2.45, 2.75) is 19.3 Å². The number of ether oxygens (including phenoxy) is 2. The smallest absolute Gasteiger partial charge is 0.229 e. The molecule has 2 aliphatic heterocycles. The van der Waals surface area contributed by atoms with Crippen molar-refractivity contribution in [3.8, 4) is 11.5 Å². The van der Waals surface area contributed by atoms with E-state index < -0.39 is 0 Å². The lowest BCUT2D eigenvalue weighted by molar-refractivity contribution is -0.138. The number of methoxy groups -OCH3 is 1. The minimum atomic E-state index is -0.0808. The minimum Gasteiger partial charge on any atom is -0.493 e. The molecule has 2 unspecified atom stereocenters. The molecule has 2 heterocycles.